The summed E-state index contributed by atoms with van der Waals surface area (Å²) in [6.45, 7) is 0.226. The fraction of sp³-hybridized carbons (Fsp3) is 0.542. The number of carbonyl (C=O) groups excluding carboxylic acids is 3. The molecule has 4 unspecified atom stereocenters. The van der Waals surface area contributed by atoms with E-state index >= 15 is 0 Å². The number of carbonyl (C=O) groups is 5. The van der Waals surface area contributed by atoms with E-state index in [2.05, 4.69) is 10.6 Å². The summed E-state index contributed by atoms with van der Waals surface area (Å²) in [6.07, 6.45) is 2.42. The molecule has 3 amide bonds. The van der Waals surface area contributed by atoms with Gasteiger partial charge in [0.25, 0.3) is 0 Å². The van der Waals surface area contributed by atoms with Crippen LogP contribution in [0.25, 0.3) is 0 Å². The van der Waals surface area contributed by atoms with Gasteiger partial charge in [-0.25, -0.2) is 4.79 Å². The van der Waals surface area contributed by atoms with E-state index in [9.17, 15) is 34.2 Å². The molecule has 0 radical (unpaired) electrons. The van der Waals surface area contributed by atoms with Crippen molar-refractivity contribution in [2.24, 2.45) is 5.73 Å². The Morgan fingerprint density at radius 2 is 1.76 bits per heavy atom. The lowest BCUT2D eigenvalue weighted by atomic mass is 10.0. The normalized spacial score (nSPS) is 17.5. The van der Waals surface area contributed by atoms with Crippen LogP contribution in [0.5, 0.6) is 5.75 Å². The standard InChI is InChI=1S/C24H34N4O8S/c1-37-12-10-16(25)21(32)27-18(13-14-4-6-15(29)7-5-14)23(34)28-11-2-3-19(28)22(33)26-17(24(35)36)8-9-20(30)31/h4-7,16-19,29H,2-3,8-13,25H2,1H3,(H,26,33)(H,27,32)(H,30,31)(H,35,36). The molecule has 1 heterocycles. The number of nitrogens with zero attached hydrogens (tertiary/aromatic N) is 1. The van der Waals surface area contributed by atoms with Crippen molar-refractivity contribution >= 4 is 41.4 Å². The van der Waals surface area contributed by atoms with Crippen LogP contribution in [0.15, 0.2) is 24.3 Å². The third-order valence-electron chi connectivity index (χ3n) is 6.06. The van der Waals surface area contributed by atoms with E-state index in [1.165, 1.54) is 28.8 Å². The molecule has 0 saturated carbocycles. The Morgan fingerprint density at radius 3 is 2.35 bits per heavy atom. The van der Waals surface area contributed by atoms with Gasteiger partial charge in [-0.1, -0.05) is 12.1 Å². The number of carboxylic acid groups (broad SMARTS) is 2. The lowest BCUT2D eigenvalue weighted by Gasteiger charge is -2.30. The van der Waals surface area contributed by atoms with Crippen molar-refractivity contribution in [2.45, 2.75) is 62.7 Å². The first-order valence-electron chi connectivity index (χ1n) is 11.9. The quantitative estimate of drug-likeness (QED) is 0.186. The average Bonchev–Trinajstić information content (AvgIpc) is 3.35. The zero-order valence-electron chi connectivity index (χ0n) is 20.6. The number of aromatic hydroxyl groups is 1. The van der Waals surface area contributed by atoms with E-state index in [1.54, 1.807) is 12.1 Å². The number of nitrogens with one attached hydrogen (secondary N) is 2. The number of hydrogen-bond donors (Lipinski definition) is 6. The molecule has 7 N–H and O–H groups in total. The number of phenolic OH excluding ortho intramolecular Hbond substituents is 1. The fourth-order valence-corrected chi connectivity index (χ4v) is 4.51. The van der Waals surface area contributed by atoms with Gasteiger partial charge in [-0.05, 0) is 55.4 Å². The summed E-state index contributed by atoms with van der Waals surface area (Å²) in [5, 5.41) is 32.8. The molecule has 1 aliphatic heterocycles. The van der Waals surface area contributed by atoms with Gasteiger partial charge in [0.2, 0.25) is 17.7 Å². The van der Waals surface area contributed by atoms with Crippen LogP contribution in [0, 0.1) is 0 Å². The first kappa shape index (κ1) is 29.9. The van der Waals surface area contributed by atoms with Gasteiger partial charge >= 0.3 is 11.9 Å². The second-order valence-electron chi connectivity index (χ2n) is 8.84. The maximum Gasteiger partial charge on any atom is 0.326 e. The van der Waals surface area contributed by atoms with Crippen LogP contribution in [0.3, 0.4) is 0 Å². The van der Waals surface area contributed by atoms with Gasteiger partial charge in [-0.15, -0.1) is 0 Å². The van der Waals surface area contributed by atoms with E-state index in [4.69, 9.17) is 10.8 Å². The minimum Gasteiger partial charge on any atom is -0.508 e. The Labute approximate surface area is 219 Å². The SMILES string of the molecule is CSCCC(N)C(=O)NC(Cc1ccc(O)cc1)C(=O)N1CCCC1C(=O)NC(CCC(=O)O)C(=O)O. The summed E-state index contributed by atoms with van der Waals surface area (Å²) in [5.41, 5.74) is 6.64. The molecule has 1 aromatic rings. The zero-order chi connectivity index (χ0) is 27.5. The fourth-order valence-electron chi connectivity index (χ4n) is 4.02. The second kappa shape index (κ2) is 14.4. The second-order valence-corrected chi connectivity index (χ2v) is 9.83. The Balaban J connectivity index is 2.20. The third kappa shape index (κ3) is 9.25. The predicted molar refractivity (Wildman–Crippen MR) is 136 cm³/mol. The number of likely N-dealkylation sites (tertiary alicyclic amines) is 1. The van der Waals surface area contributed by atoms with Gasteiger partial charge in [-0.3, -0.25) is 19.2 Å². The number of rotatable bonds is 14. The maximum absolute atomic E-state index is 13.6. The van der Waals surface area contributed by atoms with Crippen LogP contribution in [-0.4, -0.2) is 92.6 Å². The van der Waals surface area contributed by atoms with E-state index in [1.807, 2.05) is 6.26 Å². The summed E-state index contributed by atoms with van der Waals surface area (Å²) >= 11 is 1.53. The first-order valence-corrected chi connectivity index (χ1v) is 13.3. The summed E-state index contributed by atoms with van der Waals surface area (Å²) in [6, 6.07) is 1.88. The van der Waals surface area contributed by atoms with E-state index in [0.717, 1.165) is 0 Å². The lowest BCUT2D eigenvalue weighted by molar-refractivity contribution is -0.145. The van der Waals surface area contributed by atoms with Gasteiger partial charge in [0.15, 0.2) is 0 Å². The van der Waals surface area contributed by atoms with Gasteiger partial charge in [-0.2, -0.15) is 11.8 Å². The molecule has 4 atom stereocenters. The van der Waals surface area contributed by atoms with E-state index < -0.39 is 60.2 Å². The monoisotopic (exact) mass is 538 g/mol. The summed E-state index contributed by atoms with van der Waals surface area (Å²) in [5.74, 6) is -3.59. The van der Waals surface area contributed by atoms with E-state index in [-0.39, 0.29) is 31.6 Å². The molecule has 1 aromatic carbocycles. The molecule has 1 aliphatic rings. The summed E-state index contributed by atoms with van der Waals surface area (Å²) in [7, 11) is 0. The maximum atomic E-state index is 13.6. The number of amides is 3. The number of nitrogens with two attached hydrogens (primary N) is 1. The highest BCUT2D eigenvalue weighted by molar-refractivity contribution is 7.98. The van der Waals surface area contributed by atoms with Gasteiger partial charge in [0.1, 0.15) is 23.9 Å². The highest BCUT2D eigenvalue weighted by Crippen LogP contribution is 2.21. The van der Waals surface area contributed by atoms with Gasteiger partial charge in [0, 0.05) is 19.4 Å². The Kier molecular flexibility index (Phi) is 11.7. The molecule has 0 spiro atoms. The molecule has 1 fully saturated rings. The molecular weight excluding hydrogens is 504 g/mol. The summed E-state index contributed by atoms with van der Waals surface area (Å²) < 4.78 is 0. The van der Waals surface area contributed by atoms with Crippen LogP contribution in [0.4, 0.5) is 0 Å². The molecule has 13 heteroatoms. The van der Waals surface area contributed by atoms with Crippen molar-refractivity contribution in [1.29, 1.82) is 0 Å². The first-order chi connectivity index (χ1) is 17.5. The number of benzene rings is 1. The number of aliphatic carboxylic acids is 2. The molecule has 0 aliphatic carbocycles. The van der Waals surface area contributed by atoms with Crippen LogP contribution < -0.4 is 16.4 Å². The van der Waals surface area contributed by atoms with Crippen molar-refractivity contribution < 1.29 is 39.3 Å². The zero-order valence-corrected chi connectivity index (χ0v) is 21.4. The molecule has 37 heavy (non-hydrogen) atoms. The summed E-state index contributed by atoms with van der Waals surface area (Å²) in [4.78, 5) is 62.9. The molecule has 2 rings (SSSR count). The predicted octanol–water partition coefficient (Wildman–Crippen LogP) is -0.0749. The third-order valence-corrected chi connectivity index (χ3v) is 6.70. The minimum absolute atomic E-state index is 0.0434. The highest BCUT2D eigenvalue weighted by atomic mass is 32.2. The van der Waals surface area contributed by atoms with Gasteiger partial charge < -0.3 is 36.6 Å². The molecule has 0 aromatic heterocycles. The van der Waals surface area contributed by atoms with Crippen molar-refractivity contribution in [3.05, 3.63) is 29.8 Å². The number of thioether (sulfide) groups is 1. The molecule has 1 saturated heterocycles. The number of hydrogen-bond acceptors (Lipinski definition) is 8. The molecule has 204 valence electrons. The average molecular weight is 539 g/mol. The van der Waals surface area contributed by atoms with Crippen LogP contribution in [0.2, 0.25) is 0 Å². The Hall–Kier alpha value is -3.32. The largest absolute Gasteiger partial charge is 0.508 e. The number of phenols is 1. The van der Waals surface area contributed by atoms with Crippen LogP contribution >= 0.6 is 11.8 Å². The smallest absolute Gasteiger partial charge is 0.326 e. The van der Waals surface area contributed by atoms with Crippen molar-refractivity contribution in [3.63, 3.8) is 0 Å². The van der Waals surface area contributed by atoms with Crippen molar-refractivity contribution in [1.82, 2.24) is 15.5 Å². The topological polar surface area (TPSA) is 199 Å². The molecular formula is C24H34N4O8S. The van der Waals surface area contributed by atoms with Crippen LogP contribution in [-0.2, 0) is 30.4 Å². The minimum atomic E-state index is -1.41. The lowest BCUT2D eigenvalue weighted by Crippen LogP contribution is -2.57. The molecule has 0 bridgehead atoms. The highest BCUT2D eigenvalue weighted by Gasteiger charge is 2.39. The van der Waals surface area contributed by atoms with E-state index in [0.29, 0.717) is 24.2 Å². The Morgan fingerprint density at radius 1 is 1.08 bits per heavy atom. The van der Waals surface area contributed by atoms with Crippen molar-refractivity contribution in [2.75, 3.05) is 18.6 Å². The Bertz CT molecular complexity index is 974. The van der Waals surface area contributed by atoms with Gasteiger partial charge in [0.05, 0.1) is 6.04 Å². The molecule has 12 nitrogen and oxygen atoms in total. The van der Waals surface area contributed by atoms with Crippen LogP contribution in [0.1, 0.15) is 37.7 Å². The number of carboxylic acids is 2. The van der Waals surface area contributed by atoms with Crippen molar-refractivity contribution in [3.8, 4) is 5.75 Å².